The van der Waals surface area contributed by atoms with Crippen LogP contribution in [-0.2, 0) is 6.18 Å². The summed E-state index contributed by atoms with van der Waals surface area (Å²) in [5.74, 6) is -1.74. The molecule has 0 radical (unpaired) electrons. The molecule has 0 aliphatic heterocycles. The molecule has 1 nitrogen and oxygen atoms in total. The zero-order valence-corrected chi connectivity index (χ0v) is 11.8. The molecule has 0 fully saturated rings. The maximum absolute atomic E-state index is 13.7. The van der Waals surface area contributed by atoms with Gasteiger partial charge in [-0.2, -0.15) is 13.2 Å². The fourth-order valence-corrected chi connectivity index (χ4v) is 2.13. The molecule has 0 aromatic heterocycles. The first-order valence-electron chi connectivity index (χ1n) is 5.70. The Morgan fingerprint density at radius 3 is 2.29 bits per heavy atom. The monoisotopic (exact) mass is 366 g/mol. The van der Waals surface area contributed by atoms with Gasteiger partial charge in [-0.05, 0) is 45.8 Å². The summed E-state index contributed by atoms with van der Waals surface area (Å²) >= 11 is 2.78. The van der Waals surface area contributed by atoms with Gasteiger partial charge in [0.05, 0.1) is 10.0 Å². The van der Waals surface area contributed by atoms with Crippen molar-refractivity contribution in [3.63, 3.8) is 0 Å². The quantitative estimate of drug-likeness (QED) is 0.596. The lowest BCUT2D eigenvalue weighted by Crippen LogP contribution is -2.08. The second-order valence-corrected chi connectivity index (χ2v) is 5.17. The van der Waals surface area contributed by atoms with Crippen LogP contribution >= 0.6 is 15.9 Å². The van der Waals surface area contributed by atoms with Crippen molar-refractivity contribution >= 4 is 15.9 Å². The number of rotatable bonds is 2. The van der Waals surface area contributed by atoms with Crippen molar-refractivity contribution in [3.8, 4) is 0 Å². The molecule has 0 saturated heterocycles. The summed E-state index contributed by atoms with van der Waals surface area (Å²) in [6, 6.07) is 5.37. The molecule has 0 heterocycles. The van der Waals surface area contributed by atoms with Crippen molar-refractivity contribution in [3.05, 3.63) is 69.2 Å². The van der Waals surface area contributed by atoms with Gasteiger partial charge in [0, 0.05) is 5.56 Å². The van der Waals surface area contributed by atoms with Crippen LogP contribution in [0.25, 0.3) is 0 Å². The predicted molar refractivity (Wildman–Crippen MR) is 69.6 cm³/mol. The van der Waals surface area contributed by atoms with Crippen molar-refractivity contribution < 1.29 is 27.1 Å². The van der Waals surface area contributed by atoms with Gasteiger partial charge in [-0.1, -0.05) is 12.1 Å². The van der Waals surface area contributed by atoms with E-state index in [1.807, 2.05) is 0 Å². The molecule has 2 aromatic carbocycles. The van der Waals surface area contributed by atoms with Crippen LogP contribution < -0.4 is 0 Å². The number of halogens is 6. The molecule has 1 N–H and O–H groups in total. The van der Waals surface area contributed by atoms with E-state index in [4.69, 9.17) is 0 Å². The molecular weight excluding hydrogens is 359 g/mol. The van der Waals surface area contributed by atoms with E-state index >= 15 is 0 Å². The molecule has 112 valence electrons. The summed E-state index contributed by atoms with van der Waals surface area (Å²) in [7, 11) is 0. The van der Waals surface area contributed by atoms with Gasteiger partial charge in [0.1, 0.15) is 17.7 Å². The average molecular weight is 367 g/mol. The molecule has 0 saturated carbocycles. The van der Waals surface area contributed by atoms with Gasteiger partial charge < -0.3 is 5.11 Å². The first-order chi connectivity index (χ1) is 9.70. The Balaban J connectivity index is 2.45. The Morgan fingerprint density at radius 2 is 1.67 bits per heavy atom. The van der Waals surface area contributed by atoms with E-state index in [0.29, 0.717) is 6.07 Å². The molecular formula is C14H8BrF5O. The van der Waals surface area contributed by atoms with Crippen molar-refractivity contribution in [2.45, 2.75) is 12.3 Å². The van der Waals surface area contributed by atoms with Gasteiger partial charge in [-0.15, -0.1) is 0 Å². The van der Waals surface area contributed by atoms with Crippen LogP contribution in [0.5, 0.6) is 0 Å². The largest absolute Gasteiger partial charge is 0.416 e. The van der Waals surface area contributed by atoms with Gasteiger partial charge in [0.25, 0.3) is 0 Å². The summed E-state index contributed by atoms with van der Waals surface area (Å²) in [6.07, 6.45) is -6.28. The molecule has 2 rings (SSSR count). The molecule has 0 bridgehead atoms. The molecule has 1 unspecified atom stereocenters. The Kier molecular flexibility index (Phi) is 4.34. The van der Waals surface area contributed by atoms with Crippen LogP contribution in [0.4, 0.5) is 22.0 Å². The lowest BCUT2D eigenvalue weighted by molar-refractivity contribution is -0.137. The van der Waals surface area contributed by atoms with Crippen molar-refractivity contribution in [2.24, 2.45) is 0 Å². The van der Waals surface area contributed by atoms with E-state index in [-0.39, 0.29) is 10.0 Å². The Morgan fingerprint density at radius 1 is 1.00 bits per heavy atom. The zero-order chi connectivity index (χ0) is 15.8. The second-order valence-electron chi connectivity index (χ2n) is 4.31. The number of hydrogen-bond acceptors (Lipinski definition) is 1. The molecule has 0 amide bonds. The number of aliphatic hydroxyl groups excluding tert-OH is 1. The fourth-order valence-electron chi connectivity index (χ4n) is 1.81. The molecule has 7 heteroatoms. The highest BCUT2D eigenvalue weighted by molar-refractivity contribution is 9.10. The number of alkyl halides is 3. The highest BCUT2D eigenvalue weighted by atomic mass is 79.9. The van der Waals surface area contributed by atoms with Crippen LogP contribution in [0.2, 0.25) is 0 Å². The SMILES string of the molecule is OC(c1cccc(C(F)(F)F)c1)c1cc(F)c(Br)cc1F. The fraction of sp³-hybridized carbons (Fsp3) is 0.143. The van der Waals surface area contributed by atoms with E-state index in [0.717, 1.165) is 24.3 Å². The summed E-state index contributed by atoms with van der Waals surface area (Å²) in [6.45, 7) is 0. The third-order valence-corrected chi connectivity index (χ3v) is 3.47. The normalized spacial score (nSPS) is 13.3. The smallest absolute Gasteiger partial charge is 0.384 e. The first kappa shape index (κ1) is 15.9. The Labute approximate surface area is 125 Å². The van der Waals surface area contributed by atoms with E-state index < -0.39 is 35.0 Å². The maximum Gasteiger partial charge on any atom is 0.416 e. The van der Waals surface area contributed by atoms with Crippen LogP contribution in [0.3, 0.4) is 0 Å². The minimum Gasteiger partial charge on any atom is -0.384 e. The second kappa shape index (κ2) is 5.73. The average Bonchev–Trinajstić information content (AvgIpc) is 2.41. The standard InChI is InChI=1S/C14H8BrF5O/c15-10-6-11(16)9(5-12(10)17)13(21)7-2-1-3-8(4-7)14(18,19)20/h1-6,13,21H. The third kappa shape index (κ3) is 3.41. The molecule has 0 spiro atoms. The Hall–Kier alpha value is -1.47. The molecule has 2 aromatic rings. The van der Waals surface area contributed by atoms with Gasteiger partial charge in [0.2, 0.25) is 0 Å². The zero-order valence-electron chi connectivity index (χ0n) is 10.3. The Bertz CT molecular complexity index is 669. The highest BCUT2D eigenvalue weighted by Crippen LogP contribution is 2.33. The van der Waals surface area contributed by atoms with Crippen LogP contribution in [0, 0.1) is 11.6 Å². The summed E-state index contributed by atoms with van der Waals surface area (Å²) in [5, 5.41) is 9.99. The van der Waals surface area contributed by atoms with Crippen LogP contribution in [0.1, 0.15) is 22.8 Å². The van der Waals surface area contributed by atoms with Crippen LogP contribution in [-0.4, -0.2) is 5.11 Å². The van der Waals surface area contributed by atoms with Crippen molar-refractivity contribution in [2.75, 3.05) is 0 Å². The van der Waals surface area contributed by atoms with Gasteiger partial charge in [-0.3, -0.25) is 0 Å². The highest BCUT2D eigenvalue weighted by Gasteiger charge is 2.31. The van der Waals surface area contributed by atoms with Crippen molar-refractivity contribution in [1.29, 1.82) is 0 Å². The molecule has 0 aliphatic carbocycles. The third-order valence-electron chi connectivity index (χ3n) is 2.86. The predicted octanol–water partition coefficient (Wildman–Crippen LogP) is 4.83. The number of hydrogen-bond donors (Lipinski definition) is 1. The van der Waals surface area contributed by atoms with Crippen molar-refractivity contribution in [1.82, 2.24) is 0 Å². The maximum atomic E-state index is 13.7. The minimum absolute atomic E-state index is 0.139. The minimum atomic E-state index is -4.58. The molecule has 1 atom stereocenters. The van der Waals surface area contributed by atoms with Gasteiger partial charge >= 0.3 is 6.18 Å². The number of aliphatic hydroxyl groups is 1. The topological polar surface area (TPSA) is 20.2 Å². The summed E-state index contributed by atoms with van der Waals surface area (Å²) < 4.78 is 64.8. The van der Waals surface area contributed by atoms with E-state index in [2.05, 4.69) is 15.9 Å². The lowest BCUT2D eigenvalue weighted by Gasteiger charge is -2.15. The van der Waals surface area contributed by atoms with Gasteiger partial charge in [-0.25, -0.2) is 8.78 Å². The lowest BCUT2D eigenvalue weighted by atomic mass is 9.99. The first-order valence-corrected chi connectivity index (χ1v) is 6.49. The summed E-state index contributed by atoms with van der Waals surface area (Å²) in [4.78, 5) is 0. The number of benzene rings is 2. The van der Waals surface area contributed by atoms with Gasteiger partial charge in [0.15, 0.2) is 0 Å². The molecule has 21 heavy (non-hydrogen) atoms. The van der Waals surface area contributed by atoms with E-state index in [1.165, 1.54) is 6.07 Å². The molecule has 0 aliphatic rings. The van der Waals surface area contributed by atoms with E-state index in [9.17, 15) is 27.1 Å². The summed E-state index contributed by atoms with van der Waals surface area (Å²) in [5.41, 5.74) is -1.59. The van der Waals surface area contributed by atoms with Crippen LogP contribution in [0.15, 0.2) is 40.9 Å². The van der Waals surface area contributed by atoms with E-state index in [1.54, 1.807) is 0 Å².